The fraction of sp³-hybridized carbons (Fsp3) is 0.0667. The van der Waals surface area contributed by atoms with Gasteiger partial charge in [0, 0.05) is 16.1 Å². The van der Waals surface area contributed by atoms with Crippen molar-refractivity contribution in [1.29, 1.82) is 0 Å². The van der Waals surface area contributed by atoms with E-state index in [0.717, 1.165) is 6.21 Å². The van der Waals surface area contributed by atoms with Crippen LogP contribution < -0.4 is 10.2 Å². The number of nitro benzene ring substituents is 1. The molecule has 0 fully saturated rings. The second-order valence-corrected chi connectivity index (χ2v) is 5.43. The first-order valence-corrected chi connectivity index (χ1v) is 7.43. The third kappa shape index (κ3) is 4.78. The lowest BCUT2D eigenvalue weighted by molar-refractivity contribution is -0.385. The second kappa shape index (κ2) is 8.06. The lowest BCUT2D eigenvalue weighted by Gasteiger charge is -2.04. The van der Waals surface area contributed by atoms with Crippen LogP contribution in [-0.4, -0.2) is 28.8 Å². The monoisotopic (exact) mass is 393 g/mol. The lowest BCUT2D eigenvalue weighted by Crippen LogP contribution is -2.24. The molecule has 0 aromatic heterocycles. The summed E-state index contributed by atoms with van der Waals surface area (Å²) < 4.78 is 5.63. The summed E-state index contributed by atoms with van der Waals surface area (Å²) in [5.41, 5.74) is 1.82. The van der Waals surface area contributed by atoms with Crippen LogP contribution in [0.1, 0.15) is 5.56 Å². The van der Waals surface area contributed by atoms with E-state index in [2.05, 4.69) is 26.5 Å². The molecule has 24 heavy (non-hydrogen) atoms. The van der Waals surface area contributed by atoms with E-state index < -0.39 is 22.3 Å². The number of amides is 1. The van der Waals surface area contributed by atoms with Gasteiger partial charge in [-0.2, -0.15) is 5.10 Å². The summed E-state index contributed by atoms with van der Waals surface area (Å²) in [5.74, 6) is -0.516. The van der Waals surface area contributed by atoms with E-state index >= 15 is 0 Å². The van der Waals surface area contributed by atoms with Crippen LogP contribution in [0.25, 0.3) is 0 Å². The van der Waals surface area contributed by atoms with Gasteiger partial charge in [0.15, 0.2) is 6.61 Å². The van der Waals surface area contributed by atoms with Crippen molar-refractivity contribution >= 4 is 33.7 Å². The molecule has 0 heterocycles. The molecule has 0 atom stereocenters. The molecule has 0 unspecified atom stereocenters. The van der Waals surface area contributed by atoms with Crippen molar-refractivity contribution in [3.63, 3.8) is 0 Å². The number of nitrogens with one attached hydrogen (secondary N) is 1. The van der Waals surface area contributed by atoms with E-state index in [4.69, 9.17) is 4.74 Å². The van der Waals surface area contributed by atoms with Gasteiger partial charge in [0.1, 0.15) is 5.75 Å². The maximum Gasteiger partial charge on any atom is 0.312 e. The van der Waals surface area contributed by atoms with Crippen LogP contribution in [0.2, 0.25) is 0 Å². The number of phenolic OH excluding ortho intramolecular Hbond substituents is 1. The number of nitro groups is 1. The summed E-state index contributed by atoms with van der Waals surface area (Å²) in [7, 11) is 0. The fourth-order valence-electron chi connectivity index (χ4n) is 1.71. The van der Waals surface area contributed by atoms with Crippen LogP contribution in [0.5, 0.6) is 11.5 Å². The average Bonchev–Trinajstić information content (AvgIpc) is 2.56. The minimum Gasteiger partial charge on any atom is -0.502 e. The largest absolute Gasteiger partial charge is 0.502 e. The molecule has 0 saturated carbocycles. The zero-order chi connectivity index (χ0) is 17.5. The quantitative estimate of drug-likeness (QED) is 0.444. The molecule has 9 heteroatoms. The Morgan fingerprint density at radius 1 is 1.38 bits per heavy atom. The van der Waals surface area contributed by atoms with Gasteiger partial charge in [0.05, 0.1) is 11.1 Å². The van der Waals surface area contributed by atoms with Gasteiger partial charge >= 0.3 is 5.69 Å². The summed E-state index contributed by atoms with van der Waals surface area (Å²) >= 11 is 3.10. The highest BCUT2D eigenvalue weighted by atomic mass is 79.9. The Hall–Kier alpha value is -2.94. The normalized spacial score (nSPS) is 10.5. The first-order valence-electron chi connectivity index (χ1n) is 6.64. The first kappa shape index (κ1) is 17.4. The molecule has 2 N–H and O–H groups in total. The maximum atomic E-state index is 11.6. The minimum atomic E-state index is -0.719. The van der Waals surface area contributed by atoms with Crippen LogP contribution in [0.3, 0.4) is 0 Å². The van der Waals surface area contributed by atoms with Gasteiger partial charge in [0.2, 0.25) is 5.75 Å². The SMILES string of the molecule is O=C(COc1ccccc1)N/N=C/c1cc(Br)cc([N+](=O)[O-])c1O. The van der Waals surface area contributed by atoms with E-state index in [9.17, 15) is 20.0 Å². The van der Waals surface area contributed by atoms with E-state index in [0.29, 0.717) is 10.2 Å². The van der Waals surface area contributed by atoms with Crippen molar-refractivity contribution in [1.82, 2.24) is 5.43 Å². The highest BCUT2D eigenvalue weighted by Crippen LogP contribution is 2.32. The molecule has 0 bridgehead atoms. The zero-order valence-corrected chi connectivity index (χ0v) is 13.8. The summed E-state index contributed by atoms with van der Waals surface area (Å²) in [6.45, 7) is -0.244. The van der Waals surface area contributed by atoms with Crippen LogP contribution in [0.4, 0.5) is 5.69 Å². The summed E-state index contributed by atoms with van der Waals surface area (Å²) in [5, 5.41) is 24.3. The summed E-state index contributed by atoms with van der Waals surface area (Å²) in [4.78, 5) is 21.7. The Kier molecular flexibility index (Phi) is 5.85. The molecule has 2 rings (SSSR count). The number of rotatable bonds is 6. The molecular formula is C15H12BrN3O5. The van der Waals surface area contributed by atoms with Gasteiger partial charge in [-0.05, 0) is 18.2 Å². The van der Waals surface area contributed by atoms with E-state index in [1.54, 1.807) is 24.3 Å². The number of phenols is 1. The third-order valence-electron chi connectivity index (χ3n) is 2.79. The van der Waals surface area contributed by atoms with Gasteiger partial charge in [0.25, 0.3) is 5.91 Å². The topological polar surface area (TPSA) is 114 Å². The molecule has 2 aromatic rings. The minimum absolute atomic E-state index is 0.0837. The van der Waals surface area contributed by atoms with Gasteiger partial charge in [-0.3, -0.25) is 14.9 Å². The number of hydrogen-bond acceptors (Lipinski definition) is 6. The first-order chi connectivity index (χ1) is 11.5. The summed E-state index contributed by atoms with van der Waals surface area (Å²) in [6.07, 6.45) is 1.10. The molecule has 0 aliphatic heterocycles. The van der Waals surface area contributed by atoms with Crippen molar-refractivity contribution in [2.45, 2.75) is 0 Å². The molecule has 124 valence electrons. The Bertz CT molecular complexity index is 780. The Morgan fingerprint density at radius 2 is 2.08 bits per heavy atom. The number of hydrazone groups is 1. The molecule has 2 aromatic carbocycles. The number of carbonyl (C=O) groups is 1. The lowest BCUT2D eigenvalue weighted by atomic mass is 10.2. The Morgan fingerprint density at radius 3 is 2.75 bits per heavy atom. The highest BCUT2D eigenvalue weighted by molar-refractivity contribution is 9.10. The number of benzene rings is 2. The second-order valence-electron chi connectivity index (χ2n) is 4.51. The predicted molar refractivity (Wildman–Crippen MR) is 90.1 cm³/mol. The van der Waals surface area contributed by atoms with Crippen molar-refractivity contribution in [2.75, 3.05) is 6.61 Å². The Balaban J connectivity index is 1.96. The van der Waals surface area contributed by atoms with Crippen LogP contribution in [-0.2, 0) is 4.79 Å². The highest BCUT2D eigenvalue weighted by Gasteiger charge is 2.17. The molecule has 1 amide bonds. The molecule has 0 aliphatic rings. The number of ether oxygens (including phenoxy) is 1. The van der Waals surface area contributed by atoms with Gasteiger partial charge in [-0.25, -0.2) is 5.43 Å². The number of hydrogen-bond donors (Lipinski definition) is 2. The van der Waals surface area contributed by atoms with Crippen LogP contribution in [0, 0.1) is 10.1 Å². The summed E-state index contributed by atoms with van der Waals surface area (Å²) in [6, 6.07) is 11.4. The smallest absolute Gasteiger partial charge is 0.312 e. The molecule has 8 nitrogen and oxygen atoms in total. The molecule has 0 saturated heterocycles. The number of para-hydroxylation sites is 1. The Labute approximate surface area is 145 Å². The number of nitrogens with zero attached hydrogens (tertiary/aromatic N) is 2. The van der Waals surface area contributed by atoms with Crippen LogP contribution in [0.15, 0.2) is 52.0 Å². The van der Waals surface area contributed by atoms with Gasteiger partial charge < -0.3 is 9.84 Å². The van der Waals surface area contributed by atoms with Crippen LogP contribution >= 0.6 is 15.9 Å². The van der Waals surface area contributed by atoms with Crippen molar-refractivity contribution in [3.05, 3.63) is 62.6 Å². The fourth-order valence-corrected chi connectivity index (χ4v) is 2.18. The molecule has 0 spiro atoms. The standard InChI is InChI=1S/C15H12BrN3O5/c16-11-6-10(15(21)13(7-11)19(22)23)8-17-18-14(20)9-24-12-4-2-1-3-5-12/h1-8,21H,9H2,(H,18,20)/b17-8+. The number of aromatic hydroxyl groups is 1. The van der Waals surface area contributed by atoms with E-state index in [-0.39, 0.29) is 12.2 Å². The van der Waals surface area contributed by atoms with Crippen molar-refractivity contribution in [3.8, 4) is 11.5 Å². The molecule has 0 radical (unpaired) electrons. The average molecular weight is 394 g/mol. The molecule has 0 aliphatic carbocycles. The third-order valence-corrected chi connectivity index (χ3v) is 3.24. The van der Waals surface area contributed by atoms with E-state index in [1.807, 2.05) is 6.07 Å². The van der Waals surface area contributed by atoms with Gasteiger partial charge in [-0.15, -0.1) is 0 Å². The van der Waals surface area contributed by atoms with Crippen molar-refractivity contribution in [2.24, 2.45) is 5.10 Å². The maximum absolute atomic E-state index is 11.6. The number of carbonyl (C=O) groups excluding carboxylic acids is 1. The predicted octanol–water partition coefficient (Wildman–Crippen LogP) is 2.59. The van der Waals surface area contributed by atoms with E-state index in [1.165, 1.54) is 12.1 Å². The zero-order valence-electron chi connectivity index (χ0n) is 12.2. The van der Waals surface area contributed by atoms with Gasteiger partial charge in [-0.1, -0.05) is 34.1 Å². The number of halogens is 1. The molecular weight excluding hydrogens is 382 g/mol. The van der Waals surface area contributed by atoms with Crippen molar-refractivity contribution < 1.29 is 19.6 Å².